The second-order valence-electron chi connectivity index (χ2n) is 4.84. The van der Waals surface area contributed by atoms with Crippen molar-refractivity contribution in [3.8, 4) is 5.06 Å². The molecule has 2 aromatic heterocycles. The van der Waals surface area contributed by atoms with Gasteiger partial charge >= 0.3 is 18.2 Å². The quantitative estimate of drug-likeness (QED) is 0.796. The lowest BCUT2D eigenvalue weighted by molar-refractivity contribution is -0.325. The molecule has 2 aromatic rings. The van der Waals surface area contributed by atoms with Crippen LogP contribution in [0.5, 0.6) is 5.06 Å². The first-order valence-corrected chi connectivity index (χ1v) is 7.76. The Kier molecular flexibility index (Phi) is 5.23. The summed E-state index contributed by atoms with van der Waals surface area (Å²) in [6, 6.07) is 0. The fraction of sp³-hybridized carbons (Fsp3) is 0.462. The van der Waals surface area contributed by atoms with Crippen molar-refractivity contribution in [1.29, 1.82) is 0 Å². The Labute approximate surface area is 141 Å². The maximum Gasteiger partial charge on any atom is 0.522 e. The highest BCUT2D eigenvalue weighted by molar-refractivity contribution is 7.20. The summed E-state index contributed by atoms with van der Waals surface area (Å²) in [5.74, 6) is 0. The Hall–Kier alpha value is -2.34. The molecule has 0 aromatic carbocycles. The number of aromatic nitrogens is 2. The average molecular weight is 382 g/mol. The molecule has 0 bridgehead atoms. The molecule has 0 radical (unpaired) electrons. The number of fused-ring (bicyclic) bond motifs is 1. The van der Waals surface area contributed by atoms with Crippen molar-refractivity contribution in [2.75, 3.05) is 6.61 Å². The van der Waals surface area contributed by atoms with E-state index >= 15 is 0 Å². The van der Waals surface area contributed by atoms with E-state index in [1.165, 1.54) is 13.8 Å². The number of thiophene rings is 1. The van der Waals surface area contributed by atoms with Crippen molar-refractivity contribution in [3.05, 3.63) is 26.4 Å². The summed E-state index contributed by atoms with van der Waals surface area (Å²) in [5.41, 5.74) is -1.28. The molecule has 0 spiro atoms. The van der Waals surface area contributed by atoms with E-state index in [4.69, 9.17) is 5.11 Å². The molecular formula is C13H13F3N2O6S. The molecule has 0 atom stereocenters. The zero-order chi connectivity index (χ0) is 18.9. The predicted molar refractivity (Wildman–Crippen MR) is 81.4 cm³/mol. The third kappa shape index (κ3) is 3.85. The van der Waals surface area contributed by atoms with Crippen molar-refractivity contribution in [3.63, 3.8) is 0 Å². The molecule has 0 saturated carbocycles. The maximum absolute atomic E-state index is 12.4. The Bertz CT molecular complexity index is 927. The summed E-state index contributed by atoms with van der Waals surface area (Å²) in [6.45, 7) is 1.65. The number of alkyl halides is 3. The molecule has 138 valence electrons. The molecule has 25 heavy (non-hydrogen) atoms. The normalized spacial score (nSPS) is 11.9. The summed E-state index contributed by atoms with van der Waals surface area (Å²) < 4.78 is 46.5. The van der Waals surface area contributed by atoms with Crippen molar-refractivity contribution in [1.82, 2.24) is 9.13 Å². The molecule has 0 amide bonds. The lowest BCUT2D eigenvalue weighted by atomic mass is 10.2. The van der Waals surface area contributed by atoms with Crippen LogP contribution in [0.1, 0.15) is 12.5 Å². The minimum absolute atomic E-state index is 0.00184. The fourth-order valence-corrected chi connectivity index (χ4v) is 3.45. The van der Waals surface area contributed by atoms with Gasteiger partial charge in [0.25, 0.3) is 5.56 Å². The highest BCUT2D eigenvalue weighted by Crippen LogP contribution is 2.34. The van der Waals surface area contributed by atoms with Crippen LogP contribution in [0.3, 0.4) is 0 Å². The van der Waals surface area contributed by atoms with Gasteiger partial charge in [-0.2, -0.15) is 0 Å². The van der Waals surface area contributed by atoms with Gasteiger partial charge in [0.2, 0.25) is 0 Å². The van der Waals surface area contributed by atoms with E-state index in [1.807, 2.05) is 0 Å². The monoisotopic (exact) mass is 382 g/mol. The molecule has 0 aliphatic heterocycles. The molecule has 0 aliphatic carbocycles. The number of hydrogen-bond donors (Lipinski definition) is 1. The van der Waals surface area contributed by atoms with Gasteiger partial charge in [-0.1, -0.05) is 11.3 Å². The van der Waals surface area contributed by atoms with Crippen molar-refractivity contribution in [2.24, 2.45) is 0 Å². The smallest absolute Gasteiger partial charge is 0.449 e. The zero-order valence-electron chi connectivity index (χ0n) is 13.0. The van der Waals surface area contributed by atoms with Gasteiger partial charge in [0.15, 0.2) is 5.06 Å². The summed E-state index contributed by atoms with van der Waals surface area (Å²) in [6.07, 6.45) is -6.47. The largest absolute Gasteiger partial charge is 0.522 e. The lowest BCUT2D eigenvalue weighted by Gasteiger charge is -2.12. The number of hydrogen-bond acceptors (Lipinski definition) is 6. The van der Waals surface area contributed by atoms with Gasteiger partial charge < -0.3 is 9.84 Å². The van der Waals surface area contributed by atoms with Crippen LogP contribution in [-0.4, -0.2) is 33.4 Å². The average Bonchev–Trinajstić information content (AvgIpc) is 2.78. The van der Waals surface area contributed by atoms with E-state index in [0.717, 1.165) is 9.13 Å². The third-order valence-corrected chi connectivity index (χ3v) is 4.52. The van der Waals surface area contributed by atoms with E-state index in [1.54, 1.807) is 0 Å². The van der Waals surface area contributed by atoms with Crippen molar-refractivity contribution < 1.29 is 32.5 Å². The Balaban J connectivity index is 2.64. The Morgan fingerprint density at radius 2 is 1.92 bits per heavy atom. The fourth-order valence-electron chi connectivity index (χ4n) is 2.28. The molecule has 8 nitrogen and oxygen atoms in total. The van der Waals surface area contributed by atoms with Crippen molar-refractivity contribution >= 4 is 27.7 Å². The molecule has 0 saturated heterocycles. The first-order chi connectivity index (χ1) is 11.6. The molecule has 0 aliphatic rings. The van der Waals surface area contributed by atoms with E-state index in [0.29, 0.717) is 11.3 Å². The molecule has 1 N–H and O–H groups in total. The zero-order valence-corrected chi connectivity index (χ0v) is 13.9. The van der Waals surface area contributed by atoms with E-state index < -0.39 is 36.9 Å². The number of halogens is 3. The van der Waals surface area contributed by atoms with Crippen LogP contribution < -0.4 is 16.0 Å². The predicted octanol–water partition coefficient (Wildman–Crippen LogP) is 2.15. The summed E-state index contributed by atoms with van der Waals surface area (Å²) in [7, 11) is 0. The molecule has 2 heterocycles. The van der Waals surface area contributed by atoms with Gasteiger partial charge in [-0.05, 0) is 13.8 Å². The second-order valence-corrected chi connectivity index (χ2v) is 5.80. The molecule has 2 rings (SSSR count). The summed E-state index contributed by atoms with van der Waals surface area (Å²) in [5, 5.41) is 8.63. The van der Waals surface area contributed by atoms with E-state index in [-0.39, 0.29) is 27.4 Å². The lowest BCUT2D eigenvalue weighted by Crippen LogP contribution is -2.40. The van der Waals surface area contributed by atoms with E-state index in [9.17, 15) is 27.6 Å². The van der Waals surface area contributed by atoms with Gasteiger partial charge in [-0.3, -0.25) is 18.7 Å². The summed E-state index contributed by atoms with van der Waals surface area (Å²) in [4.78, 5) is 35.6. The number of nitrogens with zero attached hydrogens (tertiary/aromatic N) is 2. The number of ether oxygens (including phenoxy) is 2. The van der Waals surface area contributed by atoms with Gasteiger partial charge in [-0.15, -0.1) is 13.2 Å². The minimum Gasteiger partial charge on any atom is -0.449 e. The topological polar surface area (TPSA) is 99.8 Å². The Morgan fingerprint density at radius 3 is 2.44 bits per heavy atom. The molecule has 12 heteroatoms. The van der Waals surface area contributed by atoms with Crippen LogP contribution in [0.2, 0.25) is 0 Å². The number of aryl methyl sites for hydroxylation is 1. The highest BCUT2D eigenvalue weighted by atomic mass is 32.1. The van der Waals surface area contributed by atoms with Gasteiger partial charge in [0.05, 0.1) is 18.5 Å². The van der Waals surface area contributed by atoms with Gasteiger partial charge in [0.1, 0.15) is 4.83 Å². The first kappa shape index (κ1) is 19.0. The van der Waals surface area contributed by atoms with Crippen LogP contribution in [0.15, 0.2) is 9.59 Å². The van der Waals surface area contributed by atoms with Crippen LogP contribution in [-0.2, 0) is 17.8 Å². The minimum atomic E-state index is -4.86. The van der Waals surface area contributed by atoms with Gasteiger partial charge in [-0.25, -0.2) is 9.59 Å². The molecule has 0 unspecified atom stereocenters. The number of carbonyl (C=O) groups is 1. The van der Waals surface area contributed by atoms with Gasteiger partial charge in [0, 0.05) is 12.1 Å². The SMILES string of the molecule is CCn1c(=O)c2c(C)c(OC(=O)O)sc2n(CCOC(F)(F)F)c1=O. The molecular weight excluding hydrogens is 369 g/mol. The third-order valence-electron chi connectivity index (χ3n) is 3.33. The van der Waals surface area contributed by atoms with Crippen LogP contribution in [0.25, 0.3) is 10.2 Å². The van der Waals surface area contributed by atoms with Crippen LogP contribution in [0.4, 0.5) is 18.0 Å². The second kappa shape index (κ2) is 6.88. The standard InChI is InChI=1S/C13H13F3N2O6S/c1-3-17-8(19)7-6(2)10(24-12(21)22)25-9(7)18(11(17)20)4-5-23-13(14,15)16/h3-5H2,1-2H3,(H,21,22). The highest BCUT2D eigenvalue weighted by Gasteiger charge is 2.29. The first-order valence-electron chi connectivity index (χ1n) is 6.95. The maximum atomic E-state index is 12.4. The van der Waals surface area contributed by atoms with Crippen LogP contribution >= 0.6 is 11.3 Å². The molecule has 0 fully saturated rings. The van der Waals surface area contributed by atoms with Crippen molar-refractivity contribution in [2.45, 2.75) is 33.3 Å². The van der Waals surface area contributed by atoms with E-state index in [2.05, 4.69) is 9.47 Å². The number of carboxylic acid groups (broad SMARTS) is 1. The summed E-state index contributed by atoms with van der Waals surface area (Å²) >= 11 is 0.694. The van der Waals surface area contributed by atoms with Crippen LogP contribution in [0, 0.1) is 6.92 Å². The Morgan fingerprint density at radius 1 is 1.28 bits per heavy atom. The number of rotatable bonds is 5.